The highest BCUT2D eigenvalue weighted by Crippen LogP contribution is 2.30. The maximum Gasteiger partial charge on any atom is 0.356 e. The zero-order chi connectivity index (χ0) is 20.6. The van der Waals surface area contributed by atoms with Gasteiger partial charge in [0, 0.05) is 23.5 Å². The molecule has 10 heteroatoms. The molecule has 0 aliphatic carbocycles. The van der Waals surface area contributed by atoms with Crippen molar-refractivity contribution >= 4 is 40.5 Å². The quantitative estimate of drug-likeness (QED) is 0.602. The van der Waals surface area contributed by atoms with Gasteiger partial charge in [-0.05, 0) is 32.0 Å². The van der Waals surface area contributed by atoms with E-state index < -0.39 is 18.2 Å². The Morgan fingerprint density at radius 2 is 2.00 bits per heavy atom. The minimum absolute atomic E-state index is 0.00940. The summed E-state index contributed by atoms with van der Waals surface area (Å²) in [5, 5.41) is 12.4. The van der Waals surface area contributed by atoms with Crippen molar-refractivity contribution in [3.63, 3.8) is 0 Å². The SMILES string of the molecule is Cc1cc(=O)n2cc(Cl)cc([C@@H](Nc3ccc(Cl)nc3C(=O)O)C(C)F)c2n1. The van der Waals surface area contributed by atoms with Crippen LogP contribution in [0.1, 0.15) is 34.7 Å². The Morgan fingerprint density at radius 3 is 2.64 bits per heavy atom. The molecular weight excluding hydrogens is 410 g/mol. The Hall–Kier alpha value is -2.71. The van der Waals surface area contributed by atoms with Gasteiger partial charge < -0.3 is 10.4 Å². The maximum absolute atomic E-state index is 14.6. The minimum atomic E-state index is -1.49. The Bertz CT molecular complexity index is 1130. The highest BCUT2D eigenvalue weighted by Gasteiger charge is 2.25. The third kappa shape index (κ3) is 3.93. The van der Waals surface area contributed by atoms with Crippen LogP contribution in [-0.4, -0.2) is 31.6 Å². The van der Waals surface area contributed by atoms with Crippen molar-refractivity contribution in [2.75, 3.05) is 5.32 Å². The first kappa shape index (κ1) is 20.0. The molecule has 0 saturated carbocycles. The molecule has 3 rings (SSSR count). The number of hydrogen-bond donors (Lipinski definition) is 2. The van der Waals surface area contributed by atoms with E-state index in [-0.39, 0.29) is 32.8 Å². The van der Waals surface area contributed by atoms with Gasteiger partial charge >= 0.3 is 5.97 Å². The summed E-state index contributed by atoms with van der Waals surface area (Å²) >= 11 is 11.9. The van der Waals surface area contributed by atoms with Crippen LogP contribution in [0.5, 0.6) is 0 Å². The van der Waals surface area contributed by atoms with E-state index in [4.69, 9.17) is 23.2 Å². The number of nitrogens with one attached hydrogen (secondary N) is 1. The largest absolute Gasteiger partial charge is 0.476 e. The summed E-state index contributed by atoms with van der Waals surface area (Å²) in [7, 11) is 0. The van der Waals surface area contributed by atoms with Crippen LogP contribution in [0, 0.1) is 6.92 Å². The van der Waals surface area contributed by atoms with Crippen molar-refractivity contribution in [2.45, 2.75) is 26.1 Å². The highest BCUT2D eigenvalue weighted by molar-refractivity contribution is 6.30. The van der Waals surface area contributed by atoms with E-state index in [2.05, 4.69) is 15.3 Å². The van der Waals surface area contributed by atoms with Gasteiger partial charge in [-0.1, -0.05) is 23.2 Å². The Morgan fingerprint density at radius 1 is 1.29 bits per heavy atom. The van der Waals surface area contributed by atoms with Crippen LogP contribution in [0.15, 0.2) is 35.3 Å². The molecule has 0 aliphatic heterocycles. The number of pyridine rings is 2. The Kier molecular flexibility index (Phi) is 5.53. The van der Waals surface area contributed by atoms with Gasteiger partial charge in [0.05, 0.1) is 16.8 Å². The van der Waals surface area contributed by atoms with Gasteiger partial charge in [0.2, 0.25) is 0 Å². The van der Waals surface area contributed by atoms with Crippen LogP contribution < -0.4 is 10.9 Å². The molecule has 3 aromatic heterocycles. The Labute approximate surface area is 168 Å². The van der Waals surface area contributed by atoms with Crippen LogP contribution in [0.25, 0.3) is 5.65 Å². The first-order valence-corrected chi connectivity index (χ1v) is 8.93. The van der Waals surface area contributed by atoms with E-state index in [9.17, 15) is 19.1 Å². The van der Waals surface area contributed by atoms with E-state index in [0.717, 1.165) is 0 Å². The molecule has 0 spiro atoms. The summed E-state index contributed by atoms with van der Waals surface area (Å²) in [4.78, 5) is 31.9. The number of aromatic carboxylic acids is 1. The molecule has 2 atom stereocenters. The monoisotopic (exact) mass is 424 g/mol. The summed E-state index contributed by atoms with van der Waals surface area (Å²) in [5.41, 5.74) is 0.323. The number of aromatic nitrogens is 3. The topological polar surface area (TPSA) is 96.6 Å². The number of hydrogen-bond acceptors (Lipinski definition) is 5. The lowest BCUT2D eigenvalue weighted by Crippen LogP contribution is -2.25. The van der Waals surface area contributed by atoms with Crippen molar-refractivity contribution in [1.29, 1.82) is 0 Å². The van der Waals surface area contributed by atoms with Crippen molar-refractivity contribution in [3.05, 3.63) is 67.9 Å². The zero-order valence-electron chi connectivity index (χ0n) is 14.8. The second kappa shape index (κ2) is 7.73. The van der Waals surface area contributed by atoms with E-state index in [0.29, 0.717) is 11.3 Å². The second-order valence-corrected chi connectivity index (χ2v) is 7.00. The average molecular weight is 425 g/mol. The molecule has 2 N–H and O–H groups in total. The lowest BCUT2D eigenvalue weighted by Gasteiger charge is -2.24. The Balaban J connectivity index is 2.20. The standard InChI is InChI=1S/C18H15Cl2FN4O3/c1-8-5-14(26)25-7-10(19)6-11(17(25)22-8)15(9(2)21)23-12-3-4-13(20)24-16(12)18(27)28/h3-7,9,15,23H,1-2H3,(H,27,28)/t9?,15-/m0/s1. The van der Waals surface area contributed by atoms with E-state index in [1.165, 1.54) is 41.8 Å². The van der Waals surface area contributed by atoms with Gasteiger partial charge in [-0.3, -0.25) is 9.20 Å². The number of carbonyl (C=O) groups is 1. The number of aryl methyl sites for hydroxylation is 1. The number of carboxylic acids is 1. The van der Waals surface area contributed by atoms with Crippen LogP contribution in [0.2, 0.25) is 10.2 Å². The van der Waals surface area contributed by atoms with Gasteiger partial charge in [-0.15, -0.1) is 0 Å². The van der Waals surface area contributed by atoms with Crippen LogP contribution in [0.4, 0.5) is 10.1 Å². The van der Waals surface area contributed by atoms with E-state index in [1.807, 2.05) is 0 Å². The van der Waals surface area contributed by atoms with Crippen LogP contribution >= 0.6 is 23.2 Å². The number of alkyl halides is 1. The molecule has 7 nitrogen and oxygen atoms in total. The van der Waals surface area contributed by atoms with E-state index >= 15 is 0 Å². The fraction of sp³-hybridized carbons (Fsp3) is 0.222. The first-order chi connectivity index (χ1) is 13.2. The number of halogens is 3. The van der Waals surface area contributed by atoms with Crippen LogP contribution in [0.3, 0.4) is 0 Å². The number of nitrogens with zero attached hydrogens (tertiary/aromatic N) is 3. The summed E-state index contributed by atoms with van der Waals surface area (Å²) in [6.07, 6.45) is -0.0984. The van der Waals surface area contributed by atoms with Gasteiger partial charge in [0.25, 0.3) is 5.56 Å². The van der Waals surface area contributed by atoms with Gasteiger partial charge in [-0.25, -0.2) is 19.2 Å². The molecule has 146 valence electrons. The molecule has 0 bridgehead atoms. The third-order valence-electron chi connectivity index (χ3n) is 4.05. The first-order valence-electron chi connectivity index (χ1n) is 8.17. The predicted octanol–water partition coefficient (Wildman–Crippen LogP) is 3.91. The lowest BCUT2D eigenvalue weighted by molar-refractivity contribution is 0.0691. The van der Waals surface area contributed by atoms with Crippen LogP contribution in [-0.2, 0) is 0 Å². The minimum Gasteiger partial charge on any atom is -0.476 e. The van der Waals surface area contributed by atoms with Gasteiger partial charge in [0.1, 0.15) is 17.0 Å². The molecule has 3 aromatic rings. The van der Waals surface area contributed by atoms with Crippen molar-refractivity contribution in [1.82, 2.24) is 14.4 Å². The average Bonchev–Trinajstić information content (AvgIpc) is 2.60. The molecule has 0 fully saturated rings. The van der Waals surface area contributed by atoms with Crippen molar-refractivity contribution in [3.8, 4) is 0 Å². The molecular formula is C18H15Cl2FN4O3. The molecule has 0 aromatic carbocycles. The summed E-state index contributed by atoms with van der Waals surface area (Å²) in [5.74, 6) is -1.32. The number of rotatable bonds is 5. The molecule has 28 heavy (non-hydrogen) atoms. The molecule has 0 radical (unpaired) electrons. The fourth-order valence-electron chi connectivity index (χ4n) is 2.86. The normalized spacial score (nSPS) is 13.3. The summed E-state index contributed by atoms with van der Waals surface area (Å²) < 4.78 is 15.8. The fourth-order valence-corrected chi connectivity index (χ4v) is 3.22. The van der Waals surface area contributed by atoms with Crippen molar-refractivity contribution in [2.24, 2.45) is 0 Å². The summed E-state index contributed by atoms with van der Waals surface area (Å²) in [6.45, 7) is 2.94. The van der Waals surface area contributed by atoms with Gasteiger partial charge in [0.15, 0.2) is 5.69 Å². The predicted molar refractivity (Wildman–Crippen MR) is 104 cm³/mol. The van der Waals surface area contributed by atoms with Gasteiger partial charge in [-0.2, -0.15) is 0 Å². The maximum atomic E-state index is 14.6. The third-order valence-corrected chi connectivity index (χ3v) is 4.47. The summed E-state index contributed by atoms with van der Waals surface area (Å²) in [6, 6.07) is 4.55. The smallest absolute Gasteiger partial charge is 0.356 e. The number of carboxylic acid groups (broad SMARTS) is 1. The molecule has 0 aliphatic rings. The molecule has 0 saturated heterocycles. The van der Waals surface area contributed by atoms with E-state index in [1.54, 1.807) is 6.92 Å². The molecule has 0 amide bonds. The highest BCUT2D eigenvalue weighted by atomic mass is 35.5. The van der Waals surface area contributed by atoms with Crippen molar-refractivity contribution < 1.29 is 14.3 Å². The molecule has 1 unspecified atom stereocenters. The zero-order valence-corrected chi connectivity index (χ0v) is 16.3. The number of fused-ring (bicyclic) bond motifs is 1. The molecule has 3 heterocycles. The lowest BCUT2D eigenvalue weighted by atomic mass is 10.0. The number of anilines is 1. The second-order valence-electron chi connectivity index (χ2n) is 6.18.